The van der Waals surface area contributed by atoms with Crippen LogP contribution in [0.3, 0.4) is 0 Å². The Balaban J connectivity index is 2.73. The van der Waals surface area contributed by atoms with E-state index in [0.717, 1.165) is 6.54 Å². The average molecular weight is 251 g/mol. The van der Waals surface area contributed by atoms with Crippen molar-refractivity contribution in [2.45, 2.75) is 6.92 Å². The lowest BCUT2D eigenvalue weighted by Crippen LogP contribution is -2.36. The van der Waals surface area contributed by atoms with E-state index in [1.807, 2.05) is 19.0 Å². The Morgan fingerprint density at radius 2 is 1.89 bits per heavy atom. The highest BCUT2D eigenvalue weighted by Crippen LogP contribution is 2.15. The van der Waals surface area contributed by atoms with Crippen LogP contribution < -0.4 is 5.32 Å². The van der Waals surface area contributed by atoms with Crippen LogP contribution in [-0.2, 0) is 9.59 Å². The molecule has 1 N–H and O–H groups in total. The van der Waals surface area contributed by atoms with Gasteiger partial charge in [0.2, 0.25) is 0 Å². The number of dihydropyridines is 1. The van der Waals surface area contributed by atoms with Crippen LogP contribution in [0.4, 0.5) is 0 Å². The predicted molar refractivity (Wildman–Crippen MR) is 71.0 cm³/mol. The van der Waals surface area contributed by atoms with Gasteiger partial charge in [-0.15, -0.1) is 0 Å². The third-order valence-corrected chi connectivity index (χ3v) is 2.80. The van der Waals surface area contributed by atoms with Crippen LogP contribution in [0.2, 0.25) is 0 Å². The number of Topliss-reactive ketones (excluding diaryl/α,β-unsaturated/α-hetero) is 1. The van der Waals surface area contributed by atoms with Crippen LogP contribution in [0.5, 0.6) is 0 Å². The number of rotatable bonds is 5. The van der Waals surface area contributed by atoms with Crippen LogP contribution in [0.15, 0.2) is 23.4 Å². The zero-order chi connectivity index (χ0) is 13.7. The van der Waals surface area contributed by atoms with Gasteiger partial charge in [0.15, 0.2) is 5.78 Å². The number of amides is 1. The van der Waals surface area contributed by atoms with Crippen LogP contribution in [0.25, 0.3) is 0 Å². The van der Waals surface area contributed by atoms with Crippen molar-refractivity contribution in [3.63, 3.8) is 0 Å². The van der Waals surface area contributed by atoms with Crippen LogP contribution >= 0.6 is 0 Å². The van der Waals surface area contributed by atoms with E-state index < -0.39 is 0 Å². The summed E-state index contributed by atoms with van der Waals surface area (Å²) in [5, 5.41) is 2.97. The Morgan fingerprint density at radius 3 is 2.44 bits per heavy atom. The fourth-order valence-corrected chi connectivity index (χ4v) is 1.68. The predicted octanol–water partition coefficient (Wildman–Crippen LogP) is 0.00890. The molecule has 0 atom stereocenters. The largest absolute Gasteiger partial charge is 0.387 e. The lowest BCUT2D eigenvalue weighted by molar-refractivity contribution is -0.126. The Morgan fingerprint density at radius 1 is 1.22 bits per heavy atom. The molecule has 0 unspecified atom stereocenters. The van der Waals surface area contributed by atoms with Crippen molar-refractivity contribution in [1.29, 1.82) is 0 Å². The summed E-state index contributed by atoms with van der Waals surface area (Å²) in [7, 11) is 5.67. The minimum atomic E-state index is -0.120. The molecule has 0 aromatic carbocycles. The zero-order valence-corrected chi connectivity index (χ0v) is 11.5. The Labute approximate surface area is 108 Å². The summed E-state index contributed by atoms with van der Waals surface area (Å²) in [4.78, 5) is 27.4. The molecule has 0 aromatic heterocycles. The highest BCUT2D eigenvalue weighted by molar-refractivity contribution is 6.11. The normalized spacial score (nSPS) is 14.7. The van der Waals surface area contributed by atoms with Gasteiger partial charge >= 0.3 is 0 Å². The SMILES string of the molecule is CC(=O)C1=CCNC=C1C(=O)N(C)CCN(C)C. The molecular weight excluding hydrogens is 230 g/mol. The third-order valence-electron chi connectivity index (χ3n) is 2.80. The average Bonchev–Trinajstić information content (AvgIpc) is 2.34. The molecule has 0 radical (unpaired) electrons. The maximum absolute atomic E-state index is 12.2. The van der Waals surface area contributed by atoms with Gasteiger partial charge in [-0.2, -0.15) is 0 Å². The maximum atomic E-state index is 12.2. The smallest absolute Gasteiger partial charge is 0.255 e. The molecule has 1 heterocycles. The number of carbonyl (C=O) groups is 2. The van der Waals surface area contributed by atoms with Gasteiger partial charge in [-0.25, -0.2) is 0 Å². The minimum absolute atomic E-state index is 0.0721. The number of ketones is 1. The van der Waals surface area contributed by atoms with E-state index in [2.05, 4.69) is 5.32 Å². The van der Waals surface area contributed by atoms with E-state index in [1.165, 1.54) is 6.92 Å². The maximum Gasteiger partial charge on any atom is 0.255 e. The first-order valence-electron chi connectivity index (χ1n) is 5.98. The van der Waals surface area contributed by atoms with Crippen LogP contribution in [0.1, 0.15) is 6.92 Å². The standard InChI is InChI=1S/C13H21N3O2/c1-10(17)11-5-6-14-9-12(11)13(18)16(4)8-7-15(2)3/h5,9,14H,6-8H2,1-4H3. The highest BCUT2D eigenvalue weighted by Gasteiger charge is 2.22. The number of carbonyl (C=O) groups excluding carboxylic acids is 2. The van der Waals surface area contributed by atoms with Gasteiger partial charge in [-0.05, 0) is 21.0 Å². The highest BCUT2D eigenvalue weighted by atomic mass is 16.2. The minimum Gasteiger partial charge on any atom is -0.387 e. The van der Waals surface area contributed by atoms with Crippen molar-refractivity contribution < 1.29 is 9.59 Å². The van der Waals surface area contributed by atoms with Gasteiger partial charge in [0, 0.05) is 38.5 Å². The van der Waals surface area contributed by atoms with Crippen molar-refractivity contribution in [2.75, 3.05) is 40.8 Å². The zero-order valence-electron chi connectivity index (χ0n) is 11.5. The molecule has 0 aliphatic carbocycles. The molecule has 100 valence electrons. The van der Waals surface area contributed by atoms with Gasteiger partial charge in [0.1, 0.15) is 0 Å². The monoisotopic (exact) mass is 251 g/mol. The Bertz CT molecular complexity index is 397. The van der Waals surface area contributed by atoms with E-state index in [4.69, 9.17) is 0 Å². The fraction of sp³-hybridized carbons (Fsp3) is 0.538. The molecule has 0 saturated carbocycles. The molecule has 5 nitrogen and oxygen atoms in total. The molecule has 1 amide bonds. The van der Waals surface area contributed by atoms with E-state index in [-0.39, 0.29) is 11.7 Å². The van der Waals surface area contributed by atoms with Crippen molar-refractivity contribution in [3.8, 4) is 0 Å². The van der Waals surface area contributed by atoms with Gasteiger partial charge in [0.25, 0.3) is 5.91 Å². The van der Waals surface area contributed by atoms with Crippen molar-refractivity contribution >= 4 is 11.7 Å². The molecule has 0 saturated heterocycles. The van der Waals surface area contributed by atoms with Crippen LogP contribution in [-0.4, -0.2) is 62.3 Å². The number of likely N-dealkylation sites (N-methyl/N-ethyl adjacent to an activating group) is 2. The van der Waals surface area contributed by atoms with E-state index in [1.54, 1.807) is 24.2 Å². The fourth-order valence-electron chi connectivity index (χ4n) is 1.68. The summed E-state index contributed by atoms with van der Waals surface area (Å²) in [6.45, 7) is 3.50. The van der Waals surface area contributed by atoms with Gasteiger partial charge in [-0.1, -0.05) is 6.08 Å². The number of nitrogens with zero attached hydrogens (tertiary/aromatic N) is 2. The molecule has 0 fully saturated rings. The lowest BCUT2D eigenvalue weighted by atomic mass is 10.00. The Kier molecular flexibility index (Phi) is 5.09. The summed E-state index contributed by atoms with van der Waals surface area (Å²) in [5.41, 5.74) is 0.963. The van der Waals surface area contributed by atoms with Gasteiger partial charge in [-0.3, -0.25) is 9.59 Å². The summed E-state index contributed by atoms with van der Waals surface area (Å²) in [6.07, 6.45) is 3.39. The second-order valence-electron chi connectivity index (χ2n) is 4.67. The molecule has 1 aliphatic rings. The molecule has 0 aromatic rings. The molecule has 0 spiro atoms. The second kappa shape index (κ2) is 6.35. The summed E-state index contributed by atoms with van der Waals surface area (Å²) < 4.78 is 0. The first-order chi connectivity index (χ1) is 8.43. The lowest BCUT2D eigenvalue weighted by Gasteiger charge is -2.23. The van der Waals surface area contributed by atoms with Crippen molar-refractivity contribution in [2.24, 2.45) is 0 Å². The third kappa shape index (κ3) is 3.70. The van der Waals surface area contributed by atoms with Crippen molar-refractivity contribution in [3.05, 3.63) is 23.4 Å². The molecule has 1 rings (SSSR count). The molecule has 5 heteroatoms. The van der Waals surface area contributed by atoms with Crippen molar-refractivity contribution in [1.82, 2.24) is 15.1 Å². The van der Waals surface area contributed by atoms with E-state index in [0.29, 0.717) is 24.2 Å². The van der Waals surface area contributed by atoms with E-state index in [9.17, 15) is 9.59 Å². The number of nitrogens with one attached hydrogen (secondary N) is 1. The second-order valence-corrected chi connectivity index (χ2v) is 4.67. The Hall–Kier alpha value is -1.62. The molecule has 1 aliphatic heterocycles. The topological polar surface area (TPSA) is 52.7 Å². The first kappa shape index (κ1) is 14.4. The van der Waals surface area contributed by atoms with E-state index >= 15 is 0 Å². The summed E-state index contributed by atoms with van der Waals surface area (Å²) >= 11 is 0. The number of hydrogen-bond donors (Lipinski definition) is 1. The quantitative estimate of drug-likeness (QED) is 0.748. The van der Waals surface area contributed by atoms with Gasteiger partial charge in [0.05, 0.1) is 5.57 Å². The van der Waals surface area contributed by atoms with Crippen LogP contribution in [0, 0.1) is 0 Å². The summed E-state index contributed by atoms with van der Waals surface area (Å²) in [5.74, 6) is -0.192. The molecular formula is C13H21N3O2. The first-order valence-corrected chi connectivity index (χ1v) is 5.98. The molecule has 18 heavy (non-hydrogen) atoms. The number of hydrogen-bond acceptors (Lipinski definition) is 4. The molecule has 0 bridgehead atoms. The summed E-state index contributed by atoms with van der Waals surface area (Å²) in [6, 6.07) is 0. The van der Waals surface area contributed by atoms with Gasteiger partial charge < -0.3 is 15.1 Å².